The number of ether oxygens (including phenoxy) is 1. The standard InChI is InChI=1S/C16H15IO4/c17-15-13(8-18)12-7-11(20)5-6-14(12)21-16(15)9-1-3-10(19)4-2-9/h1-7,13,15-16,18-20H,8H2/t13-,15-,16-/m0/s1. The van der Waals surface area contributed by atoms with Crippen molar-refractivity contribution in [2.45, 2.75) is 15.9 Å². The number of phenolic OH excluding ortho intramolecular Hbond substituents is 2. The van der Waals surface area contributed by atoms with Crippen molar-refractivity contribution < 1.29 is 20.1 Å². The molecule has 3 rings (SSSR count). The van der Waals surface area contributed by atoms with E-state index in [1.807, 2.05) is 12.1 Å². The maximum atomic E-state index is 9.73. The maximum Gasteiger partial charge on any atom is 0.136 e. The Kier molecular flexibility index (Phi) is 3.95. The van der Waals surface area contributed by atoms with Gasteiger partial charge in [0, 0.05) is 11.5 Å². The van der Waals surface area contributed by atoms with Crippen molar-refractivity contribution in [2.75, 3.05) is 6.61 Å². The first-order valence-corrected chi connectivity index (χ1v) is 7.88. The molecule has 1 aliphatic rings. The smallest absolute Gasteiger partial charge is 0.136 e. The zero-order valence-corrected chi connectivity index (χ0v) is 13.3. The molecule has 21 heavy (non-hydrogen) atoms. The predicted octanol–water partition coefficient (Wildman–Crippen LogP) is 3.11. The lowest BCUT2D eigenvalue weighted by molar-refractivity contribution is 0.147. The predicted molar refractivity (Wildman–Crippen MR) is 87.2 cm³/mol. The largest absolute Gasteiger partial charge is 0.508 e. The number of benzene rings is 2. The zero-order chi connectivity index (χ0) is 15.0. The molecule has 0 bridgehead atoms. The molecule has 3 atom stereocenters. The molecule has 0 saturated heterocycles. The van der Waals surface area contributed by atoms with Crippen LogP contribution >= 0.6 is 22.6 Å². The summed E-state index contributed by atoms with van der Waals surface area (Å²) < 4.78 is 6.07. The summed E-state index contributed by atoms with van der Waals surface area (Å²) in [6.07, 6.45) is -0.208. The van der Waals surface area contributed by atoms with E-state index < -0.39 is 0 Å². The lowest BCUT2D eigenvalue weighted by Gasteiger charge is -2.36. The molecule has 110 valence electrons. The van der Waals surface area contributed by atoms with E-state index in [1.54, 1.807) is 30.3 Å². The third-order valence-electron chi connectivity index (χ3n) is 3.74. The monoisotopic (exact) mass is 398 g/mol. The van der Waals surface area contributed by atoms with Crippen molar-refractivity contribution >= 4 is 22.6 Å². The van der Waals surface area contributed by atoms with Gasteiger partial charge in [0.2, 0.25) is 0 Å². The van der Waals surface area contributed by atoms with Gasteiger partial charge in [-0.15, -0.1) is 0 Å². The summed E-state index contributed by atoms with van der Waals surface area (Å²) in [6.45, 7) is -0.0119. The Labute approximate surface area is 136 Å². The molecule has 0 unspecified atom stereocenters. The van der Waals surface area contributed by atoms with Crippen LogP contribution in [0.25, 0.3) is 0 Å². The highest BCUT2D eigenvalue weighted by Crippen LogP contribution is 2.46. The minimum absolute atomic E-state index is 0.0119. The number of aliphatic hydroxyl groups excluding tert-OH is 1. The van der Waals surface area contributed by atoms with Gasteiger partial charge in [0.05, 0.1) is 10.5 Å². The molecule has 2 aromatic rings. The lowest BCUT2D eigenvalue weighted by atomic mass is 9.87. The van der Waals surface area contributed by atoms with E-state index in [9.17, 15) is 15.3 Å². The summed E-state index contributed by atoms with van der Waals surface area (Å²) in [6, 6.07) is 11.9. The molecule has 3 N–H and O–H groups in total. The summed E-state index contributed by atoms with van der Waals surface area (Å²) in [5, 5.41) is 28.8. The van der Waals surface area contributed by atoms with Gasteiger partial charge in [0.15, 0.2) is 0 Å². The van der Waals surface area contributed by atoms with Gasteiger partial charge in [-0.2, -0.15) is 0 Å². The SMILES string of the molecule is OC[C@H]1c2cc(O)ccc2O[C@@H](c2ccc(O)cc2)[C@H]1I. The zero-order valence-electron chi connectivity index (χ0n) is 11.1. The van der Waals surface area contributed by atoms with Gasteiger partial charge in [-0.25, -0.2) is 0 Å². The van der Waals surface area contributed by atoms with Crippen molar-refractivity contribution in [3.63, 3.8) is 0 Å². The number of alkyl halides is 1. The van der Waals surface area contributed by atoms with E-state index >= 15 is 0 Å². The summed E-state index contributed by atoms with van der Waals surface area (Å²) in [7, 11) is 0. The number of halogens is 1. The Morgan fingerprint density at radius 3 is 2.33 bits per heavy atom. The maximum absolute atomic E-state index is 9.73. The van der Waals surface area contributed by atoms with Crippen molar-refractivity contribution in [3.8, 4) is 17.2 Å². The molecule has 2 aromatic carbocycles. The molecule has 0 spiro atoms. The second kappa shape index (κ2) is 5.73. The first kappa shape index (κ1) is 14.5. The minimum Gasteiger partial charge on any atom is -0.508 e. The first-order valence-electron chi connectivity index (χ1n) is 6.63. The van der Waals surface area contributed by atoms with Crippen LogP contribution in [-0.4, -0.2) is 25.9 Å². The number of aromatic hydroxyl groups is 2. The molecule has 1 heterocycles. The number of hydrogen-bond donors (Lipinski definition) is 3. The van der Waals surface area contributed by atoms with Crippen LogP contribution < -0.4 is 4.74 Å². The Hall–Kier alpha value is -1.47. The number of aliphatic hydroxyl groups is 1. The Morgan fingerprint density at radius 2 is 1.67 bits per heavy atom. The molecule has 1 aliphatic heterocycles. The number of rotatable bonds is 2. The number of hydrogen-bond acceptors (Lipinski definition) is 4. The van der Waals surface area contributed by atoms with Crippen molar-refractivity contribution in [1.82, 2.24) is 0 Å². The third-order valence-corrected chi connectivity index (χ3v) is 5.26. The van der Waals surface area contributed by atoms with E-state index in [4.69, 9.17) is 4.74 Å². The fourth-order valence-corrected chi connectivity index (χ4v) is 3.81. The minimum atomic E-state index is -0.208. The molecular formula is C16H15IO4. The molecular weight excluding hydrogens is 383 g/mol. The summed E-state index contributed by atoms with van der Waals surface area (Å²) in [5.41, 5.74) is 1.77. The molecule has 5 heteroatoms. The summed E-state index contributed by atoms with van der Waals surface area (Å²) in [4.78, 5) is 0. The quantitative estimate of drug-likeness (QED) is 0.537. The highest BCUT2D eigenvalue weighted by molar-refractivity contribution is 14.1. The molecule has 0 aliphatic carbocycles. The number of phenols is 2. The Bertz CT molecular complexity index is 641. The van der Waals surface area contributed by atoms with Crippen molar-refractivity contribution in [2.24, 2.45) is 0 Å². The molecule has 4 nitrogen and oxygen atoms in total. The van der Waals surface area contributed by atoms with Gasteiger partial charge < -0.3 is 20.1 Å². The van der Waals surface area contributed by atoms with E-state index in [0.717, 1.165) is 11.1 Å². The van der Waals surface area contributed by atoms with Crippen molar-refractivity contribution in [3.05, 3.63) is 53.6 Å². The topological polar surface area (TPSA) is 69.9 Å². The van der Waals surface area contributed by atoms with Crippen molar-refractivity contribution in [1.29, 1.82) is 0 Å². The average molecular weight is 398 g/mol. The molecule has 0 amide bonds. The highest BCUT2D eigenvalue weighted by Gasteiger charge is 2.37. The van der Waals surface area contributed by atoms with Gasteiger partial charge >= 0.3 is 0 Å². The van der Waals surface area contributed by atoms with E-state index in [0.29, 0.717) is 5.75 Å². The Morgan fingerprint density at radius 1 is 1.00 bits per heavy atom. The van der Waals surface area contributed by atoms with E-state index in [1.165, 1.54) is 0 Å². The lowest BCUT2D eigenvalue weighted by Crippen LogP contribution is -2.32. The van der Waals surface area contributed by atoms with Gasteiger partial charge in [-0.05, 0) is 35.9 Å². The second-order valence-electron chi connectivity index (χ2n) is 5.09. The van der Waals surface area contributed by atoms with Gasteiger partial charge in [0.1, 0.15) is 23.4 Å². The van der Waals surface area contributed by atoms with E-state index in [-0.39, 0.29) is 34.1 Å². The normalized spacial score (nSPS) is 24.2. The fraction of sp³-hybridized carbons (Fsp3) is 0.250. The van der Waals surface area contributed by atoms with Gasteiger partial charge in [-0.3, -0.25) is 0 Å². The van der Waals surface area contributed by atoms with Crippen LogP contribution in [-0.2, 0) is 0 Å². The first-order chi connectivity index (χ1) is 10.1. The van der Waals surface area contributed by atoms with Crippen LogP contribution in [0.5, 0.6) is 17.2 Å². The van der Waals surface area contributed by atoms with Crippen LogP contribution in [0.15, 0.2) is 42.5 Å². The van der Waals surface area contributed by atoms with Crippen LogP contribution in [0.3, 0.4) is 0 Å². The summed E-state index contributed by atoms with van der Waals surface area (Å²) in [5.74, 6) is 0.948. The molecule has 0 aromatic heterocycles. The second-order valence-corrected chi connectivity index (χ2v) is 6.52. The van der Waals surface area contributed by atoms with Crippen LogP contribution in [0.4, 0.5) is 0 Å². The van der Waals surface area contributed by atoms with Crippen LogP contribution in [0.2, 0.25) is 0 Å². The fourth-order valence-electron chi connectivity index (χ4n) is 2.63. The Balaban J connectivity index is 2.02. The molecule has 0 radical (unpaired) electrons. The van der Waals surface area contributed by atoms with Crippen LogP contribution in [0.1, 0.15) is 23.1 Å². The number of fused-ring (bicyclic) bond motifs is 1. The van der Waals surface area contributed by atoms with Gasteiger partial charge in [-0.1, -0.05) is 34.7 Å². The molecule has 0 fully saturated rings. The highest BCUT2D eigenvalue weighted by atomic mass is 127. The van der Waals surface area contributed by atoms with Gasteiger partial charge in [0.25, 0.3) is 0 Å². The van der Waals surface area contributed by atoms with E-state index in [2.05, 4.69) is 22.6 Å². The molecule has 0 saturated carbocycles. The van der Waals surface area contributed by atoms with Crippen LogP contribution in [0, 0.1) is 0 Å². The average Bonchev–Trinajstić information content (AvgIpc) is 2.48. The summed E-state index contributed by atoms with van der Waals surface area (Å²) >= 11 is 2.27. The third kappa shape index (κ3) is 2.67.